The predicted molar refractivity (Wildman–Crippen MR) is 36.3 cm³/mol. The summed E-state index contributed by atoms with van der Waals surface area (Å²) in [5, 5.41) is 8.46. The minimum absolute atomic E-state index is 0.0530. The molecule has 1 fully saturated rings. The van der Waals surface area contributed by atoms with Crippen LogP contribution in [-0.4, -0.2) is 29.2 Å². The van der Waals surface area contributed by atoms with E-state index in [9.17, 15) is 4.79 Å². The Labute approximate surface area is 63.9 Å². The van der Waals surface area contributed by atoms with Crippen molar-refractivity contribution < 1.29 is 14.6 Å². The third-order valence-electron chi connectivity index (χ3n) is 1.56. The molecule has 2 atom stereocenters. The van der Waals surface area contributed by atoms with Crippen molar-refractivity contribution in [2.45, 2.75) is 25.0 Å². The zero-order valence-corrected chi connectivity index (χ0v) is 6.17. The molecule has 0 aliphatic carbocycles. The molecule has 1 heterocycles. The highest BCUT2D eigenvalue weighted by atomic mass is 35.5. The van der Waals surface area contributed by atoms with Gasteiger partial charge >= 0.3 is 5.97 Å². The molecule has 1 rings (SSSR count). The smallest absolute Gasteiger partial charge is 0.332 e. The molecule has 0 bridgehead atoms. The molecule has 0 saturated carbocycles. The number of hydrogen-bond acceptors (Lipinski definition) is 2. The number of rotatable bonds is 2. The van der Waals surface area contributed by atoms with E-state index in [1.165, 1.54) is 0 Å². The van der Waals surface area contributed by atoms with Crippen LogP contribution in [0.25, 0.3) is 0 Å². The van der Waals surface area contributed by atoms with Gasteiger partial charge in [0.1, 0.15) is 0 Å². The summed E-state index contributed by atoms with van der Waals surface area (Å²) in [6.07, 6.45) is 0.680. The van der Waals surface area contributed by atoms with Crippen LogP contribution >= 0.6 is 11.6 Å². The zero-order chi connectivity index (χ0) is 7.56. The van der Waals surface area contributed by atoms with Crippen LogP contribution in [0.5, 0.6) is 0 Å². The molecule has 0 radical (unpaired) electrons. The lowest BCUT2D eigenvalue weighted by atomic mass is 10.2. The molecule has 0 aromatic rings. The van der Waals surface area contributed by atoms with E-state index in [2.05, 4.69) is 0 Å². The molecule has 0 aromatic carbocycles. The average Bonchev–Trinajstić information content (AvgIpc) is 2.34. The van der Waals surface area contributed by atoms with Gasteiger partial charge < -0.3 is 9.84 Å². The first-order valence-electron chi connectivity index (χ1n) is 3.18. The SMILES string of the molecule is O=C(O)C1CCC(CCl)O1. The zero-order valence-electron chi connectivity index (χ0n) is 5.42. The maximum absolute atomic E-state index is 10.3. The van der Waals surface area contributed by atoms with Gasteiger partial charge in [-0.3, -0.25) is 0 Å². The van der Waals surface area contributed by atoms with Gasteiger partial charge in [0.15, 0.2) is 6.10 Å². The van der Waals surface area contributed by atoms with Crippen molar-refractivity contribution >= 4 is 17.6 Å². The number of alkyl halides is 1. The number of carboxylic acids is 1. The van der Waals surface area contributed by atoms with Crippen molar-refractivity contribution in [1.82, 2.24) is 0 Å². The summed E-state index contributed by atoms with van der Waals surface area (Å²) in [7, 11) is 0. The van der Waals surface area contributed by atoms with E-state index in [1.54, 1.807) is 0 Å². The monoisotopic (exact) mass is 164 g/mol. The second-order valence-corrected chi connectivity index (χ2v) is 2.63. The van der Waals surface area contributed by atoms with Gasteiger partial charge in [0, 0.05) is 5.88 Å². The van der Waals surface area contributed by atoms with Crippen LogP contribution in [0.2, 0.25) is 0 Å². The first-order chi connectivity index (χ1) is 4.74. The lowest BCUT2D eigenvalue weighted by Gasteiger charge is -2.05. The Morgan fingerprint density at radius 3 is 2.70 bits per heavy atom. The maximum Gasteiger partial charge on any atom is 0.332 e. The lowest BCUT2D eigenvalue weighted by Crippen LogP contribution is -2.20. The van der Waals surface area contributed by atoms with E-state index in [1.807, 2.05) is 0 Å². The van der Waals surface area contributed by atoms with Crippen molar-refractivity contribution in [3.63, 3.8) is 0 Å². The van der Waals surface area contributed by atoms with E-state index in [-0.39, 0.29) is 6.10 Å². The summed E-state index contributed by atoms with van der Waals surface area (Å²) >= 11 is 5.46. The number of ether oxygens (including phenoxy) is 1. The molecule has 4 heteroatoms. The first kappa shape index (κ1) is 7.82. The highest BCUT2D eigenvalue weighted by molar-refractivity contribution is 6.18. The summed E-state index contributed by atoms with van der Waals surface area (Å²) in [4.78, 5) is 10.3. The fraction of sp³-hybridized carbons (Fsp3) is 0.833. The van der Waals surface area contributed by atoms with Crippen LogP contribution in [0, 0.1) is 0 Å². The molecule has 1 aliphatic heterocycles. The normalized spacial score (nSPS) is 32.5. The second-order valence-electron chi connectivity index (χ2n) is 2.32. The Bertz CT molecular complexity index is 137. The van der Waals surface area contributed by atoms with Gasteiger partial charge in [0.25, 0.3) is 0 Å². The Kier molecular flexibility index (Phi) is 2.51. The third-order valence-corrected chi connectivity index (χ3v) is 1.90. The Morgan fingerprint density at radius 1 is 1.70 bits per heavy atom. The van der Waals surface area contributed by atoms with Crippen LogP contribution in [0.1, 0.15) is 12.8 Å². The van der Waals surface area contributed by atoms with Crippen molar-refractivity contribution in [3.05, 3.63) is 0 Å². The number of halogens is 1. The fourth-order valence-electron chi connectivity index (χ4n) is 1.00. The van der Waals surface area contributed by atoms with Crippen molar-refractivity contribution in [2.75, 3.05) is 5.88 Å². The topological polar surface area (TPSA) is 46.5 Å². The second kappa shape index (κ2) is 3.21. The number of carbonyl (C=O) groups is 1. The minimum Gasteiger partial charge on any atom is -0.479 e. The minimum atomic E-state index is -0.882. The highest BCUT2D eigenvalue weighted by Gasteiger charge is 2.29. The van der Waals surface area contributed by atoms with Crippen LogP contribution < -0.4 is 0 Å². The average molecular weight is 165 g/mol. The molecular weight excluding hydrogens is 156 g/mol. The molecule has 3 nitrogen and oxygen atoms in total. The van der Waals surface area contributed by atoms with E-state index in [0.29, 0.717) is 12.3 Å². The number of carboxylic acid groups (broad SMARTS) is 1. The van der Waals surface area contributed by atoms with Gasteiger partial charge in [-0.2, -0.15) is 0 Å². The molecule has 2 unspecified atom stereocenters. The largest absolute Gasteiger partial charge is 0.479 e. The molecule has 0 spiro atoms. The fourth-order valence-corrected chi connectivity index (χ4v) is 1.23. The van der Waals surface area contributed by atoms with Crippen LogP contribution in [-0.2, 0) is 9.53 Å². The molecule has 1 N–H and O–H groups in total. The van der Waals surface area contributed by atoms with Crippen LogP contribution in [0.4, 0.5) is 0 Å². The number of hydrogen-bond donors (Lipinski definition) is 1. The van der Waals surface area contributed by atoms with Gasteiger partial charge in [-0.05, 0) is 12.8 Å². The van der Waals surface area contributed by atoms with Crippen molar-refractivity contribution in [1.29, 1.82) is 0 Å². The van der Waals surface area contributed by atoms with E-state index >= 15 is 0 Å². The summed E-state index contributed by atoms with van der Waals surface area (Å²) in [5.41, 5.74) is 0. The van der Waals surface area contributed by atoms with Gasteiger partial charge in [0.05, 0.1) is 6.10 Å². The molecule has 1 saturated heterocycles. The van der Waals surface area contributed by atoms with E-state index < -0.39 is 12.1 Å². The molecule has 0 amide bonds. The Balaban J connectivity index is 2.35. The van der Waals surface area contributed by atoms with Crippen molar-refractivity contribution in [3.8, 4) is 0 Å². The molecule has 10 heavy (non-hydrogen) atoms. The molecule has 1 aliphatic rings. The maximum atomic E-state index is 10.3. The van der Waals surface area contributed by atoms with Gasteiger partial charge in [0.2, 0.25) is 0 Å². The van der Waals surface area contributed by atoms with Crippen LogP contribution in [0.15, 0.2) is 0 Å². The predicted octanol–water partition coefficient (Wildman–Crippen LogP) is 0.857. The van der Waals surface area contributed by atoms with Gasteiger partial charge in [-0.25, -0.2) is 4.79 Å². The van der Waals surface area contributed by atoms with E-state index in [4.69, 9.17) is 21.4 Å². The van der Waals surface area contributed by atoms with Gasteiger partial charge in [-0.1, -0.05) is 0 Å². The lowest BCUT2D eigenvalue weighted by molar-refractivity contribution is -0.148. The summed E-state index contributed by atoms with van der Waals surface area (Å²) < 4.78 is 5.04. The third kappa shape index (κ3) is 1.61. The summed E-state index contributed by atoms with van der Waals surface area (Å²) in [6.45, 7) is 0. The summed E-state index contributed by atoms with van der Waals surface area (Å²) in [6, 6.07) is 0. The molecule has 0 aromatic heterocycles. The highest BCUT2D eigenvalue weighted by Crippen LogP contribution is 2.20. The number of aliphatic carboxylic acids is 1. The van der Waals surface area contributed by atoms with Crippen molar-refractivity contribution in [2.24, 2.45) is 0 Å². The quantitative estimate of drug-likeness (QED) is 0.616. The Morgan fingerprint density at radius 2 is 2.40 bits per heavy atom. The van der Waals surface area contributed by atoms with Crippen LogP contribution in [0.3, 0.4) is 0 Å². The first-order valence-corrected chi connectivity index (χ1v) is 3.71. The standard InChI is InChI=1S/C6H9ClO3/c7-3-4-1-2-5(10-4)6(8)9/h4-5H,1-3H2,(H,8,9). The van der Waals surface area contributed by atoms with Gasteiger partial charge in [-0.15, -0.1) is 11.6 Å². The molecular formula is C6H9ClO3. The molecule has 58 valence electrons. The summed E-state index contributed by atoms with van der Waals surface area (Å²) in [5.74, 6) is -0.489. The van der Waals surface area contributed by atoms with E-state index in [0.717, 1.165) is 6.42 Å². The Hall–Kier alpha value is -0.280.